The molecule has 0 bridgehead atoms. The zero-order valence-corrected chi connectivity index (χ0v) is 11.4. The van der Waals surface area contributed by atoms with Crippen LogP contribution in [0.4, 0.5) is 0 Å². The SMILES string of the molecule is CCCCN(C(=O)CNC)C1CCS(=O)(=O)C1. The predicted octanol–water partition coefficient (Wildman–Crippen LogP) is 0.0216. The molecule has 5 nitrogen and oxygen atoms in total. The summed E-state index contributed by atoms with van der Waals surface area (Å²) in [5.74, 6) is 0.349. The van der Waals surface area contributed by atoms with E-state index >= 15 is 0 Å². The minimum absolute atomic E-state index is 0.00282. The monoisotopic (exact) mass is 262 g/mol. The van der Waals surface area contributed by atoms with Crippen LogP contribution >= 0.6 is 0 Å². The second-order valence-corrected chi connectivity index (χ2v) is 6.76. The van der Waals surface area contributed by atoms with E-state index in [1.807, 2.05) is 0 Å². The van der Waals surface area contributed by atoms with Gasteiger partial charge in [-0.15, -0.1) is 0 Å². The van der Waals surface area contributed by atoms with Crippen molar-refractivity contribution >= 4 is 15.7 Å². The lowest BCUT2D eigenvalue weighted by Crippen LogP contribution is -2.45. The molecular weight excluding hydrogens is 240 g/mol. The number of hydrogen-bond acceptors (Lipinski definition) is 4. The third-order valence-corrected chi connectivity index (χ3v) is 4.80. The van der Waals surface area contributed by atoms with E-state index in [1.54, 1.807) is 11.9 Å². The highest BCUT2D eigenvalue weighted by Crippen LogP contribution is 2.18. The van der Waals surface area contributed by atoms with Gasteiger partial charge in [-0.25, -0.2) is 8.42 Å². The van der Waals surface area contributed by atoms with Gasteiger partial charge in [0, 0.05) is 12.6 Å². The van der Waals surface area contributed by atoms with Gasteiger partial charge in [-0.05, 0) is 19.9 Å². The Morgan fingerprint density at radius 3 is 2.65 bits per heavy atom. The van der Waals surface area contributed by atoms with Crippen molar-refractivity contribution in [2.45, 2.75) is 32.2 Å². The largest absolute Gasteiger partial charge is 0.338 e. The highest BCUT2D eigenvalue weighted by atomic mass is 32.2. The van der Waals surface area contributed by atoms with E-state index in [9.17, 15) is 13.2 Å². The molecule has 0 radical (unpaired) electrons. The minimum Gasteiger partial charge on any atom is -0.338 e. The normalized spacial score (nSPS) is 22.6. The molecule has 1 aliphatic rings. The number of nitrogens with zero attached hydrogens (tertiary/aromatic N) is 1. The van der Waals surface area contributed by atoms with Crippen molar-refractivity contribution in [3.05, 3.63) is 0 Å². The van der Waals surface area contributed by atoms with Crippen molar-refractivity contribution in [1.82, 2.24) is 10.2 Å². The predicted molar refractivity (Wildman–Crippen MR) is 67.6 cm³/mol. The molecule has 1 atom stereocenters. The van der Waals surface area contributed by atoms with Crippen LogP contribution in [0.15, 0.2) is 0 Å². The van der Waals surface area contributed by atoms with Crippen molar-refractivity contribution in [1.29, 1.82) is 0 Å². The van der Waals surface area contributed by atoms with Crippen LogP contribution < -0.4 is 5.32 Å². The third kappa shape index (κ3) is 4.27. The van der Waals surface area contributed by atoms with Gasteiger partial charge in [-0.1, -0.05) is 13.3 Å². The number of hydrogen-bond donors (Lipinski definition) is 1. The van der Waals surface area contributed by atoms with Crippen molar-refractivity contribution in [2.24, 2.45) is 0 Å². The molecular formula is C11H22N2O3S. The highest BCUT2D eigenvalue weighted by Gasteiger charge is 2.33. The van der Waals surface area contributed by atoms with Crippen LogP contribution in [0.2, 0.25) is 0 Å². The van der Waals surface area contributed by atoms with Crippen LogP contribution in [0.1, 0.15) is 26.2 Å². The second-order valence-electron chi connectivity index (χ2n) is 4.53. The van der Waals surface area contributed by atoms with E-state index in [1.165, 1.54) is 0 Å². The third-order valence-electron chi connectivity index (χ3n) is 3.05. The Kier molecular flexibility index (Phi) is 5.39. The van der Waals surface area contributed by atoms with Gasteiger partial charge in [0.05, 0.1) is 18.1 Å². The van der Waals surface area contributed by atoms with Crippen molar-refractivity contribution < 1.29 is 13.2 Å². The van der Waals surface area contributed by atoms with Crippen LogP contribution in [0.5, 0.6) is 0 Å². The Balaban J connectivity index is 2.66. The van der Waals surface area contributed by atoms with Gasteiger partial charge in [-0.2, -0.15) is 0 Å². The maximum atomic E-state index is 11.9. The van der Waals surface area contributed by atoms with Crippen LogP contribution in [0.25, 0.3) is 0 Å². The van der Waals surface area contributed by atoms with E-state index in [-0.39, 0.29) is 30.0 Å². The van der Waals surface area contributed by atoms with Crippen LogP contribution in [-0.4, -0.2) is 56.9 Å². The summed E-state index contributed by atoms with van der Waals surface area (Å²) in [4.78, 5) is 13.7. The maximum Gasteiger partial charge on any atom is 0.236 e. The standard InChI is InChI=1S/C11H22N2O3S/c1-3-4-6-13(11(14)8-12-2)10-5-7-17(15,16)9-10/h10,12H,3-9H2,1-2H3. The molecule has 0 spiro atoms. The molecule has 1 rings (SSSR count). The molecule has 1 heterocycles. The zero-order valence-electron chi connectivity index (χ0n) is 10.6. The molecule has 0 aromatic rings. The summed E-state index contributed by atoms with van der Waals surface area (Å²) in [6.07, 6.45) is 2.51. The molecule has 0 aromatic carbocycles. The number of nitrogens with one attached hydrogen (secondary N) is 1. The Morgan fingerprint density at radius 1 is 1.47 bits per heavy atom. The molecule has 6 heteroatoms. The van der Waals surface area contributed by atoms with E-state index < -0.39 is 9.84 Å². The van der Waals surface area contributed by atoms with E-state index in [0.717, 1.165) is 12.8 Å². The Bertz CT molecular complexity index is 354. The van der Waals surface area contributed by atoms with Crippen LogP contribution in [-0.2, 0) is 14.6 Å². The summed E-state index contributed by atoms with van der Waals surface area (Å²) < 4.78 is 22.9. The number of carbonyl (C=O) groups excluding carboxylic acids is 1. The first-order chi connectivity index (χ1) is 8.00. The number of amides is 1. The van der Waals surface area contributed by atoms with E-state index in [0.29, 0.717) is 13.0 Å². The molecule has 1 fully saturated rings. The Morgan fingerprint density at radius 2 is 2.18 bits per heavy atom. The van der Waals surface area contributed by atoms with Crippen LogP contribution in [0.3, 0.4) is 0 Å². The van der Waals surface area contributed by atoms with Gasteiger partial charge in [0.1, 0.15) is 0 Å². The number of sulfone groups is 1. The minimum atomic E-state index is -2.93. The van der Waals surface area contributed by atoms with Crippen molar-refractivity contribution in [2.75, 3.05) is 31.6 Å². The topological polar surface area (TPSA) is 66.5 Å². The van der Waals surface area contributed by atoms with Gasteiger partial charge < -0.3 is 10.2 Å². The van der Waals surface area contributed by atoms with Crippen molar-refractivity contribution in [3.63, 3.8) is 0 Å². The lowest BCUT2D eigenvalue weighted by Gasteiger charge is -2.28. The van der Waals surface area contributed by atoms with Gasteiger partial charge in [0.2, 0.25) is 5.91 Å². The zero-order chi connectivity index (χ0) is 12.9. The fourth-order valence-corrected chi connectivity index (χ4v) is 3.84. The fourth-order valence-electron chi connectivity index (χ4n) is 2.11. The average molecular weight is 262 g/mol. The molecule has 1 N–H and O–H groups in total. The first kappa shape index (κ1) is 14.4. The summed E-state index contributed by atoms with van der Waals surface area (Å²) in [5, 5.41) is 2.83. The summed E-state index contributed by atoms with van der Waals surface area (Å²) in [5.41, 5.74) is 0. The van der Waals surface area contributed by atoms with E-state index in [4.69, 9.17) is 0 Å². The maximum absolute atomic E-state index is 11.9. The highest BCUT2D eigenvalue weighted by molar-refractivity contribution is 7.91. The fraction of sp³-hybridized carbons (Fsp3) is 0.909. The molecule has 17 heavy (non-hydrogen) atoms. The summed E-state index contributed by atoms with van der Waals surface area (Å²) >= 11 is 0. The molecule has 1 amide bonds. The van der Waals surface area contributed by atoms with Gasteiger partial charge in [0.15, 0.2) is 9.84 Å². The Hall–Kier alpha value is -0.620. The molecule has 1 unspecified atom stereocenters. The number of rotatable bonds is 6. The smallest absolute Gasteiger partial charge is 0.236 e. The van der Waals surface area contributed by atoms with Gasteiger partial charge in [0.25, 0.3) is 0 Å². The molecule has 0 aromatic heterocycles. The molecule has 1 aliphatic heterocycles. The lowest BCUT2D eigenvalue weighted by atomic mass is 10.2. The lowest BCUT2D eigenvalue weighted by molar-refractivity contribution is -0.132. The first-order valence-corrected chi connectivity index (χ1v) is 7.96. The van der Waals surface area contributed by atoms with Gasteiger partial charge >= 0.3 is 0 Å². The molecule has 0 saturated carbocycles. The Labute approximate surface area is 103 Å². The summed E-state index contributed by atoms with van der Waals surface area (Å²) in [6, 6.07) is -0.118. The van der Waals surface area contributed by atoms with Crippen molar-refractivity contribution in [3.8, 4) is 0 Å². The summed E-state index contributed by atoms with van der Waals surface area (Å²) in [7, 11) is -1.20. The van der Waals surface area contributed by atoms with Gasteiger partial charge in [-0.3, -0.25) is 4.79 Å². The quantitative estimate of drug-likeness (QED) is 0.733. The number of likely N-dealkylation sites (N-methyl/N-ethyl adjacent to an activating group) is 1. The molecule has 100 valence electrons. The number of unbranched alkanes of at least 4 members (excludes halogenated alkanes) is 1. The number of carbonyl (C=O) groups is 1. The summed E-state index contributed by atoms with van der Waals surface area (Å²) in [6.45, 7) is 3.00. The molecule has 1 saturated heterocycles. The molecule has 0 aliphatic carbocycles. The average Bonchev–Trinajstić information content (AvgIpc) is 2.60. The first-order valence-electron chi connectivity index (χ1n) is 6.14. The second kappa shape index (κ2) is 6.35. The van der Waals surface area contributed by atoms with E-state index in [2.05, 4.69) is 12.2 Å². The van der Waals surface area contributed by atoms with Crippen LogP contribution in [0, 0.1) is 0 Å².